The Balaban J connectivity index is 0.000000288. The SMILES string of the molecule is C=C(C)C(=O)OC(C)c1cc(I)c(OCOCC2CCCCC2)cc1OC.C=C(C)C(=O)OCc1c(OC)cc(O)c(I)c1O.C=C(C)C(=O)OCc1cc(I)c(OCOCC2CCCCC2)cc1OC. The molecule has 3 aromatic carbocycles. The average Bonchev–Trinajstić information content (AvgIpc) is 3.36. The highest BCUT2D eigenvalue weighted by Gasteiger charge is 2.22. The third kappa shape index (κ3) is 20.8. The lowest BCUT2D eigenvalue weighted by atomic mass is 9.90. The van der Waals surface area contributed by atoms with Gasteiger partial charge in [0.25, 0.3) is 0 Å². The summed E-state index contributed by atoms with van der Waals surface area (Å²) in [5, 5.41) is 19.4. The van der Waals surface area contributed by atoms with E-state index in [4.69, 9.17) is 47.4 Å². The second-order valence-electron chi connectivity index (χ2n) is 17.2. The maximum atomic E-state index is 11.8. The summed E-state index contributed by atoms with van der Waals surface area (Å²) in [5.74, 6) is 2.52. The van der Waals surface area contributed by atoms with Gasteiger partial charge in [-0.15, -0.1) is 0 Å². The number of carbonyl (C=O) groups excluding carboxylic acids is 3. The predicted octanol–water partition coefficient (Wildman–Crippen LogP) is 12.6. The number of aromatic hydroxyl groups is 2. The molecule has 18 heteroatoms. The van der Waals surface area contributed by atoms with Crippen molar-refractivity contribution < 1.29 is 72.0 Å². The first-order valence-electron chi connectivity index (χ1n) is 23.2. The predicted molar refractivity (Wildman–Crippen MR) is 295 cm³/mol. The Morgan fingerprint density at radius 3 is 1.52 bits per heavy atom. The van der Waals surface area contributed by atoms with Gasteiger partial charge in [-0.3, -0.25) is 0 Å². The van der Waals surface area contributed by atoms with E-state index in [9.17, 15) is 24.6 Å². The molecule has 392 valence electrons. The molecule has 1 atom stereocenters. The molecule has 0 amide bonds. The van der Waals surface area contributed by atoms with E-state index in [1.54, 1.807) is 56.7 Å². The Bertz CT molecular complexity index is 2270. The lowest BCUT2D eigenvalue weighted by Crippen LogP contribution is -2.16. The number of phenols is 2. The second-order valence-corrected chi connectivity index (χ2v) is 20.6. The first kappa shape index (κ1) is 61.3. The van der Waals surface area contributed by atoms with Crippen LogP contribution in [0, 0.1) is 22.5 Å². The van der Waals surface area contributed by atoms with Crippen molar-refractivity contribution in [3.05, 3.63) is 94.2 Å². The molecule has 71 heavy (non-hydrogen) atoms. The van der Waals surface area contributed by atoms with Crippen LogP contribution in [0.15, 0.2) is 66.8 Å². The van der Waals surface area contributed by atoms with Crippen LogP contribution < -0.4 is 23.7 Å². The lowest BCUT2D eigenvalue weighted by molar-refractivity contribution is -0.144. The highest BCUT2D eigenvalue weighted by molar-refractivity contribution is 14.1. The van der Waals surface area contributed by atoms with E-state index in [0.29, 0.717) is 51.5 Å². The van der Waals surface area contributed by atoms with E-state index < -0.39 is 24.0 Å². The van der Waals surface area contributed by atoms with Gasteiger partial charge in [0.15, 0.2) is 13.6 Å². The summed E-state index contributed by atoms with van der Waals surface area (Å²) < 4.78 is 56.5. The lowest BCUT2D eigenvalue weighted by Gasteiger charge is -2.21. The van der Waals surface area contributed by atoms with Gasteiger partial charge in [-0.25, -0.2) is 14.4 Å². The van der Waals surface area contributed by atoms with Crippen LogP contribution >= 0.6 is 67.8 Å². The maximum absolute atomic E-state index is 11.8. The van der Waals surface area contributed by atoms with Gasteiger partial charge in [0.2, 0.25) is 0 Å². The van der Waals surface area contributed by atoms with Gasteiger partial charge in [-0.2, -0.15) is 0 Å². The third-order valence-electron chi connectivity index (χ3n) is 11.3. The molecular weight excluding hydrogens is 1260 g/mol. The minimum Gasteiger partial charge on any atom is -0.507 e. The zero-order valence-electron chi connectivity index (χ0n) is 41.9. The first-order valence-corrected chi connectivity index (χ1v) is 26.5. The van der Waals surface area contributed by atoms with Gasteiger partial charge < -0.3 is 57.6 Å². The van der Waals surface area contributed by atoms with Crippen LogP contribution in [-0.4, -0.2) is 76.3 Å². The summed E-state index contributed by atoms with van der Waals surface area (Å²) in [5.41, 5.74) is 2.87. The summed E-state index contributed by atoms with van der Waals surface area (Å²) in [7, 11) is 4.56. The molecule has 2 N–H and O–H groups in total. The fraction of sp³-hybridized carbons (Fsp3) is 0.491. The number of phenolic OH excluding ortho intramolecular Hbond substituents is 2. The minimum atomic E-state index is -0.556. The van der Waals surface area contributed by atoms with Crippen molar-refractivity contribution in [2.45, 2.75) is 111 Å². The summed E-state index contributed by atoms with van der Waals surface area (Å²) in [4.78, 5) is 34.6. The van der Waals surface area contributed by atoms with Crippen molar-refractivity contribution in [2.75, 3.05) is 48.1 Å². The van der Waals surface area contributed by atoms with Crippen LogP contribution in [0.2, 0.25) is 0 Å². The Labute approximate surface area is 459 Å². The third-order valence-corrected chi connectivity index (χ3v) is 14.1. The van der Waals surface area contributed by atoms with Gasteiger partial charge in [0.05, 0.1) is 50.8 Å². The molecule has 15 nitrogen and oxygen atoms in total. The fourth-order valence-corrected chi connectivity index (χ4v) is 9.13. The number of ether oxygens (including phenoxy) is 10. The monoisotopic (exact) mass is 1330 g/mol. The van der Waals surface area contributed by atoms with E-state index in [1.807, 2.05) is 25.1 Å². The van der Waals surface area contributed by atoms with Crippen molar-refractivity contribution >= 4 is 85.7 Å². The summed E-state index contributed by atoms with van der Waals surface area (Å²) in [6.45, 7) is 19.1. The van der Waals surface area contributed by atoms with Crippen molar-refractivity contribution in [1.82, 2.24) is 0 Å². The van der Waals surface area contributed by atoms with Crippen LogP contribution in [-0.2, 0) is 51.3 Å². The molecule has 2 fully saturated rings. The van der Waals surface area contributed by atoms with Crippen LogP contribution in [0.4, 0.5) is 0 Å². The normalized spacial score (nSPS) is 13.9. The highest BCUT2D eigenvalue weighted by Crippen LogP contribution is 2.40. The number of methoxy groups -OCH3 is 3. The molecule has 0 spiro atoms. The van der Waals surface area contributed by atoms with E-state index in [-0.39, 0.29) is 53.2 Å². The Morgan fingerprint density at radius 2 is 1.06 bits per heavy atom. The first-order chi connectivity index (χ1) is 33.8. The van der Waals surface area contributed by atoms with E-state index in [1.165, 1.54) is 84.3 Å². The Kier molecular flexibility index (Phi) is 27.8. The zero-order chi connectivity index (χ0) is 52.6. The van der Waals surface area contributed by atoms with Crippen molar-refractivity contribution in [1.29, 1.82) is 0 Å². The minimum absolute atomic E-state index is 0.0973. The molecule has 2 saturated carbocycles. The van der Waals surface area contributed by atoms with Crippen LogP contribution in [0.3, 0.4) is 0 Å². The van der Waals surface area contributed by atoms with Gasteiger partial charge >= 0.3 is 17.9 Å². The average molecular weight is 1330 g/mol. The number of hydrogen-bond donors (Lipinski definition) is 2. The molecule has 2 aliphatic carbocycles. The number of esters is 3. The van der Waals surface area contributed by atoms with Crippen LogP contribution in [0.1, 0.15) is 115 Å². The molecule has 3 aromatic rings. The van der Waals surface area contributed by atoms with Crippen LogP contribution in [0.5, 0.6) is 40.2 Å². The topological polar surface area (TPSA) is 184 Å². The van der Waals surface area contributed by atoms with E-state index in [2.05, 4.69) is 64.9 Å². The molecule has 0 aliphatic heterocycles. The van der Waals surface area contributed by atoms with E-state index in [0.717, 1.165) is 31.5 Å². The number of benzene rings is 3. The molecule has 2 aliphatic rings. The van der Waals surface area contributed by atoms with Gasteiger partial charge in [0, 0.05) is 46.0 Å². The van der Waals surface area contributed by atoms with Gasteiger partial charge in [-0.05, 0) is 145 Å². The van der Waals surface area contributed by atoms with E-state index >= 15 is 0 Å². The number of carbonyl (C=O) groups is 3. The zero-order valence-corrected chi connectivity index (χ0v) is 48.4. The summed E-state index contributed by atoms with van der Waals surface area (Å²) in [6, 6.07) is 8.76. The summed E-state index contributed by atoms with van der Waals surface area (Å²) in [6.07, 6.45) is 12.5. The fourth-order valence-electron chi connectivity index (χ4n) is 7.31. The van der Waals surface area contributed by atoms with Crippen LogP contribution in [0.25, 0.3) is 0 Å². The highest BCUT2D eigenvalue weighted by atomic mass is 127. The van der Waals surface area contributed by atoms with Gasteiger partial charge in [0.1, 0.15) is 59.6 Å². The largest absolute Gasteiger partial charge is 0.507 e. The molecular formula is C53H69I3O15. The standard InChI is InChI=1S/C21H29IO5.C20H27IO5.C12H13IO5/c1-14(2)21(23)27-15(3)17-10-18(22)20(11-19(17)24-4)26-13-25-12-16-8-6-5-7-9-16;1-14(2)20(22)25-12-16-9-17(21)19(10-18(16)23-3)26-13-24-11-15-7-5-4-6-8-15;1-6(2)12(16)18-5-7-9(17-3)4-8(14)10(13)11(7)15/h10-11,15-16H,1,5-9,12-13H2,2-4H3;9-10,15H,1,4-8,11-13H2,2-3H3;4,14-15H,1,5H2,2-3H3. The molecule has 0 heterocycles. The quantitative estimate of drug-likeness (QED) is 0.0242. The maximum Gasteiger partial charge on any atom is 0.333 e. The Morgan fingerprint density at radius 1 is 0.606 bits per heavy atom. The van der Waals surface area contributed by atoms with Crippen molar-refractivity contribution in [3.63, 3.8) is 0 Å². The molecule has 1 unspecified atom stereocenters. The second kappa shape index (κ2) is 32.2. The van der Waals surface area contributed by atoms with Gasteiger partial charge in [-0.1, -0.05) is 58.3 Å². The number of hydrogen-bond acceptors (Lipinski definition) is 15. The summed E-state index contributed by atoms with van der Waals surface area (Å²) >= 11 is 6.17. The Hall–Kier alpha value is -4.00. The molecule has 0 aromatic heterocycles. The molecule has 5 rings (SSSR count). The number of rotatable bonds is 22. The smallest absolute Gasteiger partial charge is 0.333 e. The molecule has 0 radical (unpaired) electrons. The van der Waals surface area contributed by atoms with Crippen molar-refractivity contribution in [2.24, 2.45) is 11.8 Å². The number of halogens is 3. The van der Waals surface area contributed by atoms with Crippen molar-refractivity contribution in [3.8, 4) is 40.2 Å². The molecule has 0 saturated heterocycles. The molecule has 0 bridgehead atoms.